The zero-order valence-electron chi connectivity index (χ0n) is 11.1. The largest absolute Gasteiger partial charge is 0.506 e. The van der Waals surface area contributed by atoms with Gasteiger partial charge in [-0.05, 0) is 31.5 Å². The third-order valence-electron chi connectivity index (χ3n) is 3.00. The van der Waals surface area contributed by atoms with Crippen molar-refractivity contribution in [2.24, 2.45) is 7.05 Å². The third-order valence-corrected chi connectivity index (χ3v) is 3.00. The lowest BCUT2D eigenvalue weighted by Gasteiger charge is -2.11. The minimum Gasteiger partial charge on any atom is -0.506 e. The Labute approximate surface area is 110 Å². The Balaban J connectivity index is 2.85. The number of aromatic nitrogens is 1. The lowest BCUT2D eigenvalue weighted by atomic mass is 10.1. The van der Waals surface area contributed by atoms with Crippen LogP contribution in [0.3, 0.4) is 0 Å². The zero-order chi connectivity index (χ0) is 14.2. The van der Waals surface area contributed by atoms with Gasteiger partial charge < -0.3 is 14.4 Å². The summed E-state index contributed by atoms with van der Waals surface area (Å²) in [6.07, 6.45) is 0. The topological polar surface area (TPSA) is 68.5 Å². The Bertz CT molecular complexity index is 715. The summed E-state index contributed by atoms with van der Waals surface area (Å²) in [6, 6.07) is 5.27. The van der Waals surface area contributed by atoms with Gasteiger partial charge in [0.1, 0.15) is 5.75 Å². The number of pyridine rings is 1. The van der Waals surface area contributed by atoms with Crippen molar-refractivity contribution in [3.05, 3.63) is 39.7 Å². The van der Waals surface area contributed by atoms with E-state index >= 15 is 0 Å². The Morgan fingerprint density at radius 3 is 2.74 bits per heavy atom. The van der Waals surface area contributed by atoms with Gasteiger partial charge in [0, 0.05) is 12.4 Å². The van der Waals surface area contributed by atoms with Crippen LogP contribution in [0, 0.1) is 6.92 Å². The fourth-order valence-corrected chi connectivity index (χ4v) is 2.02. The molecule has 5 nitrogen and oxygen atoms in total. The number of hydrogen-bond donors (Lipinski definition) is 1. The standard InChI is InChI=1S/C14H15NO4/c1-4-19-14(18)11-12(16)9-6-5-8(2)7-10(9)15(3)13(11)17/h5-7,16H,4H2,1-3H3. The first-order chi connectivity index (χ1) is 8.97. The van der Waals surface area contributed by atoms with Crippen molar-refractivity contribution in [2.45, 2.75) is 13.8 Å². The molecule has 0 atom stereocenters. The van der Waals surface area contributed by atoms with E-state index in [9.17, 15) is 14.7 Å². The molecule has 1 N–H and O–H groups in total. The molecule has 0 amide bonds. The predicted octanol–water partition coefficient (Wildman–Crippen LogP) is 1.73. The van der Waals surface area contributed by atoms with Crippen molar-refractivity contribution in [2.75, 3.05) is 6.61 Å². The number of ether oxygens (including phenoxy) is 1. The van der Waals surface area contributed by atoms with Crippen LogP contribution in [-0.2, 0) is 11.8 Å². The van der Waals surface area contributed by atoms with E-state index in [-0.39, 0.29) is 17.9 Å². The van der Waals surface area contributed by atoms with Crippen LogP contribution in [0.1, 0.15) is 22.8 Å². The summed E-state index contributed by atoms with van der Waals surface area (Å²) < 4.78 is 6.15. The first kappa shape index (κ1) is 13.1. The minimum atomic E-state index is -0.803. The van der Waals surface area contributed by atoms with E-state index < -0.39 is 11.5 Å². The number of aryl methyl sites for hydroxylation is 2. The highest BCUT2D eigenvalue weighted by Gasteiger charge is 2.21. The molecule has 0 spiro atoms. The first-order valence-corrected chi connectivity index (χ1v) is 5.96. The molecule has 5 heteroatoms. The van der Waals surface area contributed by atoms with Gasteiger partial charge in [-0.25, -0.2) is 4.79 Å². The van der Waals surface area contributed by atoms with Crippen LogP contribution in [0.4, 0.5) is 0 Å². The van der Waals surface area contributed by atoms with Crippen molar-refractivity contribution >= 4 is 16.9 Å². The Kier molecular flexibility index (Phi) is 3.29. The summed E-state index contributed by atoms with van der Waals surface area (Å²) in [5.74, 6) is -1.13. The molecule has 19 heavy (non-hydrogen) atoms. The van der Waals surface area contributed by atoms with E-state index in [0.29, 0.717) is 10.9 Å². The number of nitrogens with zero attached hydrogens (tertiary/aromatic N) is 1. The monoisotopic (exact) mass is 261 g/mol. The molecule has 0 aliphatic heterocycles. The van der Waals surface area contributed by atoms with Crippen LogP contribution >= 0.6 is 0 Å². The van der Waals surface area contributed by atoms with Gasteiger partial charge >= 0.3 is 5.97 Å². The number of carbonyl (C=O) groups excluding carboxylic acids is 1. The molecule has 0 fully saturated rings. The normalized spacial score (nSPS) is 10.7. The summed E-state index contributed by atoms with van der Waals surface area (Å²) in [5.41, 5.74) is 0.663. The summed E-state index contributed by atoms with van der Waals surface area (Å²) in [6.45, 7) is 3.68. The van der Waals surface area contributed by atoms with Crippen molar-refractivity contribution < 1.29 is 14.6 Å². The molecule has 0 saturated heterocycles. The van der Waals surface area contributed by atoms with Crippen LogP contribution in [-0.4, -0.2) is 22.2 Å². The second-order valence-corrected chi connectivity index (χ2v) is 4.33. The maximum atomic E-state index is 12.1. The van der Waals surface area contributed by atoms with Crippen molar-refractivity contribution in [3.8, 4) is 5.75 Å². The van der Waals surface area contributed by atoms with Crippen molar-refractivity contribution in [1.82, 2.24) is 4.57 Å². The molecule has 0 saturated carbocycles. The number of hydrogen-bond acceptors (Lipinski definition) is 4. The average Bonchev–Trinajstić information content (AvgIpc) is 2.36. The van der Waals surface area contributed by atoms with Crippen LogP contribution in [0.2, 0.25) is 0 Å². The van der Waals surface area contributed by atoms with Gasteiger partial charge in [0.2, 0.25) is 0 Å². The molecule has 1 heterocycles. The van der Waals surface area contributed by atoms with E-state index in [1.54, 1.807) is 26.1 Å². The number of fused-ring (bicyclic) bond motifs is 1. The average molecular weight is 261 g/mol. The van der Waals surface area contributed by atoms with E-state index in [2.05, 4.69) is 0 Å². The van der Waals surface area contributed by atoms with Crippen LogP contribution < -0.4 is 5.56 Å². The van der Waals surface area contributed by atoms with E-state index in [0.717, 1.165) is 5.56 Å². The number of benzene rings is 1. The molecule has 0 radical (unpaired) electrons. The van der Waals surface area contributed by atoms with Crippen molar-refractivity contribution in [1.29, 1.82) is 0 Å². The molecule has 2 rings (SSSR count). The van der Waals surface area contributed by atoms with Gasteiger partial charge in [-0.2, -0.15) is 0 Å². The minimum absolute atomic E-state index is 0.146. The number of esters is 1. The van der Waals surface area contributed by atoms with E-state index in [4.69, 9.17) is 4.74 Å². The van der Waals surface area contributed by atoms with Gasteiger partial charge in [-0.1, -0.05) is 6.07 Å². The van der Waals surface area contributed by atoms with Crippen LogP contribution in [0.15, 0.2) is 23.0 Å². The predicted molar refractivity (Wildman–Crippen MR) is 71.5 cm³/mol. The molecule has 1 aromatic carbocycles. The van der Waals surface area contributed by atoms with Gasteiger partial charge in [-0.3, -0.25) is 4.79 Å². The lowest BCUT2D eigenvalue weighted by molar-refractivity contribution is 0.0520. The molecule has 0 aliphatic rings. The smallest absolute Gasteiger partial charge is 0.347 e. The Morgan fingerprint density at radius 2 is 2.11 bits per heavy atom. The van der Waals surface area contributed by atoms with Crippen molar-refractivity contribution in [3.63, 3.8) is 0 Å². The molecule has 100 valence electrons. The third kappa shape index (κ3) is 2.07. The summed E-state index contributed by atoms with van der Waals surface area (Å²) in [7, 11) is 1.56. The summed E-state index contributed by atoms with van der Waals surface area (Å²) in [4.78, 5) is 23.9. The maximum Gasteiger partial charge on any atom is 0.347 e. The molecule has 1 aromatic heterocycles. The SMILES string of the molecule is CCOC(=O)c1c(O)c2ccc(C)cc2n(C)c1=O. The molecule has 0 aliphatic carbocycles. The first-order valence-electron chi connectivity index (χ1n) is 5.96. The highest BCUT2D eigenvalue weighted by Crippen LogP contribution is 2.27. The number of carbonyl (C=O) groups is 1. The van der Waals surface area contributed by atoms with E-state index in [1.165, 1.54) is 4.57 Å². The fourth-order valence-electron chi connectivity index (χ4n) is 2.02. The molecular formula is C14H15NO4. The van der Waals surface area contributed by atoms with Crippen LogP contribution in [0.25, 0.3) is 10.9 Å². The highest BCUT2D eigenvalue weighted by atomic mass is 16.5. The van der Waals surface area contributed by atoms with E-state index in [1.807, 2.05) is 13.0 Å². The quantitative estimate of drug-likeness (QED) is 0.836. The Morgan fingerprint density at radius 1 is 1.42 bits per heavy atom. The molecular weight excluding hydrogens is 246 g/mol. The highest BCUT2D eigenvalue weighted by molar-refractivity contribution is 5.99. The summed E-state index contributed by atoms with van der Waals surface area (Å²) in [5, 5.41) is 10.6. The summed E-state index contributed by atoms with van der Waals surface area (Å²) >= 11 is 0. The molecule has 0 unspecified atom stereocenters. The fraction of sp³-hybridized carbons (Fsp3) is 0.286. The maximum absolute atomic E-state index is 12.1. The molecule has 2 aromatic rings. The van der Waals surface area contributed by atoms with Gasteiger partial charge in [0.15, 0.2) is 5.56 Å². The second-order valence-electron chi connectivity index (χ2n) is 4.33. The second kappa shape index (κ2) is 4.76. The van der Waals surface area contributed by atoms with Gasteiger partial charge in [0.25, 0.3) is 5.56 Å². The van der Waals surface area contributed by atoms with Gasteiger partial charge in [0.05, 0.1) is 12.1 Å². The number of aromatic hydroxyl groups is 1. The number of rotatable bonds is 2. The Hall–Kier alpha value is -2.30. The zero-order valence-corrected chi connectivity index (χ0v) is 11.1. The molecule has 0 bridgehead atoms. The lowest BCUT2D eigenvalue weighted by Crippen LogP contribution is -2.26. The van der Waals surface area contributed by atoms with Gasteiger partial charge in [-0.15, -0.1) is 0 Å². The van der Waals surface area contributed by atoms with Crippen LogP contribution in [0.5, 0.6) is 5.75 Å².